The van der Waals surface area contributed by atoms with Gasteiger partial charge in [0.2, 0.25) is 15.9 Å². The first-order valence-corrected chi connectivity index (χ1v) is 10.9. The molecule has 0 N–H and O–H groups in total. The van der Waals surface area contributed by atoms with Gasteiger partial charge in [0.1, 0.15) is 4.90 Å². The Bertz CT molecular complexity index is 792. The topological polar surface area (TPSA) is 70.2 Å². The Morgan fingerprint density at radius 3 is 2.44 bits per heavy atom. The van der Waals surface area contributed by atoms with E-state index in [1.165, 1.54) is 10.4 Å². The van der Waals surface area contributed by atoms with Gasteiger partial charge in [-0.15, -0.1) is 0 Å². The SMILES string of the molecule is CC1(C)COCCN1CC(=O)N1CCN(S(=O)(=O)c2ccccc2Cl)CC1. The van der Waals surface area contributed by atoms with Crippen molar-refractivity contribution in [3.63, 3.8) is 0 Å². The number of ether oxygens (including phenoxy) is 1. The average molecular weight is 416 g/mol. The zero-order valence-electron chi connectivity index (χ0n) is 15.7. The number of hydrogen-bond acceptors (Lipinski definition) is 5. The molecule has 2 aliphatic heterocycles. The summed E-state index contributed by atoms with van der Waals surface area (Å²) in [5, 5.41) is 0.213. The van der Waals surface area contributed by atoms with Crippen LogP contribution in [0.25, 0.3) is 0 Å². The van der Waals surface area contributed by atoms with Crippen molar-refractivity contribution in [2.24, 2.45) is 0 Å². The number of halogens is 1. The Morgan fingerprint density at radius 2 is 1.81 bits per heavy atom. The van der Waals surface area contributed by atoms with Crippen molar-refractivity contribution in [1.29, 1.82) is 0 Å². The maximum atomic E-state index is 12.8. The van der Waals surface area contributed by atoms with Gasteiger partial charge in [0.15, 0.2) is 0 Å². The summed E-state index contributed by atoms with van der Waals surface area (Å²) in [6.07, 6.45) is 0. The Labute approximate surface area is 165 Å². The lowest BCUT2D eigenvalue weighted by Crippen LogP contribution is -2.58. The first-order chi connectivity index (χ1) is 12.7. The molecule has 0 unspecified atom stereocenters. The van der Waals surface area contributed by atoms with E-state index in [9.17, 15) is 13.2 Å². The highest BCUT2D eigenvalue weighted by Gasteiger charge is 2.35. The van der Waals surface area contributed by atoms with Crippen LogP contribution in [0.3, 0.4) is 0 Å². The quantitative estimate of drug-likeness (QED) is 0.741. The largest absolute Gasteiger partial charge is 0.378 e. The zero-order valence-corrected chi connectivity index (χ0v) is 17.3. The van der Waals surface area contributed by atoms with Crippen LogP contribution in [0.5, 0.6) is 0 Å². The number of morpholine rings is 1. The summed E-state index contributed by atoms with van der Waals surface area (Å²) < 4.78 is 32.5. The fourth-order valence-corrected chi connectivity index (χ4v) is 5.33. The predicted octanol–water partition coefficient (Wildman–Crippen LogP) is 1.28. The monoisotopic (exact) mass is 415 g/mol. The minimum Gasteiger partial charge on any atom is -0.378 e. The molecule has 0 aromatic heterocycles. The molecule has 150 valence electrons. The maximum Gasteiger partial charge on any atom is 0.244 e. The second-order valence-corrected chi connectivity index (χ2v) is 9.82. The van der Waals surface area contributed by atoms with E-state index in [0.29, 0.717) is 32.8 Å². The van der Waals surface area contributed by atoms with Crippen molar-refractivity contribution < 1.29 is 17.9 Å². The molecule has 27 heavy (non-hydrogen) atoms. The molecule has 1 aromatic carbocycles. The van der Waals surface area contributed by atoms with Crippen molar-refractivity contribution in [2.45, 2.75) is 24.3 Å². The molecule has 0 spiro atoms. The summed E-state index contributed by atoms with van der Waals surface area (Å²) in [4.78, 5) is 16.7. The Balaban J connectivity index is 1.60. The molecule has 2 fully saturated rings. The average Bonchev–Trinajstić information content (AvgIpc) is 2.63. The summed E-state index contributed by atoms with van der Waals surface area (Å²) in [6, 6.07) is 6.43. The second kappa shape index (κ2) is 8.05. The molecule has 2 aliphatic rings. The first kappa shape index (κ1) is 20.5. The van der Waals surface area contributed by atoms with Gasteiger partial charge in [-0.25, -0.2) is 8.42 Å². The van der Waals surface area contributed by atoms with Gasteiger partial charge >= 0.3 is 0 Å². The molecule has 1 amide bonds. The van der Waals surface area contributed by atoms with E-state index >= 15 is 0 Å². The third-order valence-electron chi connectivity index (χ3n) is 5.19. The summed E-state index contributed by atoms with van der Waals surface area (Å²) in [5.41, 5.74) is -0.177. The van der Waals surface area contributed by atoms with Crippen LogP contribution in [0.2, 0.25) is 5.02 Å². The lowest BCUT2D eigenvalue weighted by Gasteiger charge is -2.43. The van der Waals surface area contributed by atoms with Crippen LogP contribution in [0.1, 0.15) is 13.8 Å². The molecule has 2 saturated heterocycles. The van der Waals surface area contributed by atoms with E-state index in [1.807, 2.05) is 0 Å². The second-order valence-electron chi connectivity index (χ2n) is 7.50. The highest BCUT2D eigenvalue weighted by molar-refractivity contribution is 7.89. The van der Waals surface area contributed by atoms with Crippen molar-refractivity contribution >= 4 is 27.5 Å². The number of nitrogens with zero attached hydrogens (tertiary/aromatic N) is 3. The van der Waals surface area contributed by atoms with E-state index in [1.54, 1.807) is 23.1 Å². The fraction of sp³-hybridized carbons (Fsp3) is 0.611. The molecular weight excluding hydrogens is 390 g/mol. The summed E-state index contributed by atoms with van der Waals surface area (Å²) in [5.74, 6) is 0.0276. The van der Waals surface area contributed by atoms with E-state index in [0.717, 1.165) is 6.54 Å². The molecule has 0 bridgehead atoms. The fourth-order valence-electron chi connectivity index (χ4n) is 3.42. The van der Waals surface area contributed by atoms with Crippen LogP contribution in [-0.4, -0.2) is 86.5 Å². The van der Waals surface area contributed by atoms with Gasteiger partial charge in [0.25, 0.3) is 0 Å². The van der Waals surface area contributed by atoms with Crippen molar-refractivity contribution in [3.8, 4) is 0 Å². The van der Waals surface area contributed by atoms with Crippen LogP contribution in [0.15, 0.2) is 29.2 Å². The van der Waals surface area contributed by atoms with Gasteiger partial charge in [-0.3, -0.25) is 9.69 Å². The molecule has 2 heterocycles. The van der Waals surface area contributed by atoms with Gasteiger partial charge in [-0.1, -0.05) is 23.7 Å². The van der Waals surface area contributed by atoms with E-state index in [4.69, 9.17) is 16.3 Å². The maximum absolute atomic E-state index is 12.8. The predicted molar refractivity (Wildman–Crippen MR) is 103 cm³/mol. The Hall–Kier alpha value is -1.19. The minimum atomic E-state index is -3.65. The highest BCUT2D eigenvalue weighted by atomic mass is 35.5. The molecule has 0 radical (unpaired) electrons. The minimum absolute atomic E-state index is 0.0276. The van der Waals surface area contributed by atoms with Crippen LogP contribution >= 0.6 is 11.6 Å². The van der Waals surface area contributed by atoms with E-state index in [-0.39, 0.29) is 34.5 Å². The van der Waals surface area contributed by atoms with E-state index < -0.39 is 10.0 Å². The molecule has 7 nitrogen and oxygen atoms in total. The summed E-state index contributed by atoms with van der Waals surface area (Å²) in [7, 11) is -3.65. The van der Waals surface area contributed by atoms with Gasteiger partial charge in [-0.05, 0) is 26.0 Å². The van der Waals surface area contributed by atoms with Crippen LogP contribution in [0.4, 0.5) is 0 Å². The first-order valence-electron chi connectivity index (χ1n) is 9.07. The van der Waals surface area contributed by atoms with Crippen LogP contribution < -0.4 is 0 Å². The zero-order chi connectivity index (χ0) is 19.7. The number of amides is 1. The van der Waals surface area contributed by atoms with Crippen molar-refractivity contribution in [3.05, 3.63) is 29.3 Å². The number of sulfonamides is 1. The van der Waals surface area contributed by atoms with Crippen LogP contribution in [-0.2, 0) is 19.6 Å². The lowest BCUT2D eigenvalue weighted by atomic mass is 10.0. The van der Waals surface area contributed by atoms with Gasteiger partial charge in [0, 0.05) is 38.3 Å². The molecule has 0 saturated carbocycles. The van der Waals surface area contributed by atoms with Crippen molar-refractivity contribution in [1.82, 2.24) is 14.1 Å². The number of carbonyl (C=O) groups is 1. The number of rotatable bonds is 4. The molecule has 1 aromatic rings. The van der Waals surface area contributed by atoms with Crippen LogP contribution in [0, 0.1) is 0 Å². The van der Waals surface area contributed by atoms with Crippen molar-refractivity contribution in [2.75, 3.05) is 52.5 Å². The lowest BCUT2D eigenvalue weighted by molar-refractivity contribution is -0.138. The molecule has 0 atom stereocenters. The Morgan fingerprint density at radius 1 is 1.15 bits per heavy atom. The number of hydrogen-bond donors (Lipinski definition) is 0. The standard InChI is InChI=1S/C18H26ClN3O4S/c1-18(2)14-26-12-11-21(18)13-17(23)20-7-9-22(10-8-20)27(24,25)16-6-4-3-5-15(16)19/h3-6H,7-14H2,1-2H3. The van der Waals surface area contributed by atoms with Gasteiger partial charge < -0.3 is 9.64 Å². The summed E-state index contributed by atoms with van der Waals surface area (Å²) in [6.45, 7) is 7.71. The van der Waals surface area contributed by atoms with Gasteiger partial charge in [-0.2, -0.15) is 4.31 Å². The smallest absolute Gasteiger partial charge is 0.244 e. The molecule has 0 aliphatic carbocycles. The van der Waals surface area contributed by atoms with Gasteiger partial charge in [0.05, 0.1) is 24.8 Å². The normalized spacial score (nSPS) is 22.0. The summed E-state index contributed by atoms with van der Waals surface area (Å²) >= 11 is 6.06. The number of piperazine rings is 1. The molecular formula is C18H26ClN3O4S. The number of benzene rings is 1. The number of carbonyl (C=O) groups excluding carboxylic acids is 1. The highest BCUT2D eigenvalue weighted by Crippen LogP contribution is 2.25. The van der Waals surface area contributed by atoms with E-state index in [2.05, 4.69) is 18.7 Å². The third kappa shape index (κ3) is 4.46. The molecule has 9 heteroatoms. The molecule has 3 rings (SSSR count). The Kier molecular flexibility index (Phi) is 6.12. The third-order valence-corrected chi connectivity index (χ3v) is 7.59.